The number of aryl methyl sites for hydroxylation is 1. The second kappa shape index (κ2) is 5.46. The highest BCUT2D eigenvalue weighted by Crippen LogP contribution is 2.17. The maximum atomic E-state index is 11.6. The molecule has 0 saturated carbocycles. The van der Waals surface area contributed by atoms with Crippen molar-refractivity contribution in [2.24, 2.45) is 5.73 Å². The molecule has 4 nitrogen and oxygen atoms in total. The summed E-state index contributed by atoms with van der Waals surface area (Å²) in [5, 5.41) is 12.2. The summed E-state index contributed by atoms with van der Waals surface area (Å²) in [4.78, 5) is 12.0. The smallest absolute Gasteiger partial charge is 0.255 e. The van der Waals surface area contributed by atoms with E-state index in [1.165, 1.54) is 0 Å². The highest BCUT2D eigenvalue weighted by molar-refractivity contribution is 7.80. The Morgan fingerprint density at radius 3 is 2.81 bits per heavy atom. The molecule has 1 rings (SSSR count). The number of thiocarbonyl (C=S) groups is 1. The van der Waals surface area contributed by atoms with E-state index in [1.807, 2.05) is 6.92 Å². The fourth-order valence-electron chi connectivity index (χ4n) is 1.23. The van der Waals surface area contributed by atoms with Crippen LogP contribution in [0.15, 0.2) is 18.2 Å². The van der Waals surface area contributed by atoms with Gasteiger partial charge in [-0.3, -0.25) is 4.79 Å². The van der Waals surface area contributed by atoms with Crippen molar-refractivity contribution in [2.45, 2.75) is 13.3 Å². The lowest BCUT2D eigenvalue weighted by molar-refractivity contribution is 0.0952. The number of carbonyl (C=O) groups excluding carboxylic acids is 1. The average Bonchev–Trinajstić information content (AvgIpc) is 2.16. The number of hydrogen-bond acceptors (Lipinski definition) is 3. The minimum Gasteiger partial charge on any atom is -0.507 e. The van der Waals surface area contributed by atoms with Gasteiger partial charge in [-0.05, 0) is 24.6 Å². The molecule has 0 fully saturated rings. The summed E-state index contributed by atoms with van der Waals surface area (Å²) >= 11 is 4.68. The van der Waals surface area contributed by atoms with Crippen LogP contribution in [0.1, 0.15) is 22.3 Å². The van der Waals surface area contributed by atoms with Crippen molar-refractivity contribution in [3.8, 4) is 5.75 Å². The van der Waals surface area contributed by atoms with E-state index < -0.39 is 0 Å². The summed E-state index contributed by atoms with van der Waals surface area (Å²) in [5.74, 6) is -0.346. The first-order valence-electron chi connectivity index (χ1n) is 4.87. The number of hydrogen-bond donors (Lipinski definition) is 3. The van der Waals surface area contributed by atoms with Gasteiger partial charge in [0, 0.05) is 13.0 Å². The van der Waals surface area contributed by atoms with E-state index in [9.17, 15) is 9.90 Å². The molecule has 0 aromatic heterocycles. The zero-order valence-corrected chi connectivity index (χ0v) is 9.80. The van der Waals surface area contributed by atoms with E-state index in [0.717, 1.165) is 5.56 Å². The fourth-order valence-corrected chi connectivity index (χ4v) is 1.33. The summed E-state index contributed by atoms with van der Waals surface area (Å²) < 4.78 is 0. The summed E-state index contributed by atoms with van der Waals surface area (Å²) in [7, 11) is 0. The van der Waals surface area contributed by atoms with Crippen LogP contribution in [0, 0.1) is 6.92 Å². The molecule has 0 aliphatic rings. The number of amides is 1. The van der Waals surface area contributed by atoms with Crippen LogP contribution < -0.4 is 11.1 Å². The van der Waals surface area contributed by atoms with E-state index >= 15 is 0 Å². The molecule has 0 aliphatic heterocycles. The van der Waals surface area contributed by atoms with Crippen LogP contribution in [0.5, 0.6) is 5.75 Å². The predicted octanol–water partition coefficient (Wildman–Crippen LogP) is 1.11. The third kappa shape index (κ3) is 3.51. The Morgan fingerprint density at radius 2 is 2.25 bits per heavy atom. The molecule has 1 aromatic carbocycles. The number of aromatic hydroxyl groups is 1. The molecular formula is C11H14N2O2S. The molecule has 1 aromatic rings. The fraction of sp³-hybridized carbons (Fsp3) is 0.273. The maximum Gasteiger partial charge on any atom is 0.255 e. The van der Waals surface area contributed by atoms with Gasteiger partial charge in [0.25, 0.3) is 5.91 Å². The lowest BCUT2D eigenvalue weighted by Crippen LogP contribution is -2.27. The zero-order valence-electron chi connectivity index (χ0n) is 8.99. The summed E-state index contributed by atoms with van der Waals surface area (Å²) in [6, 6.07) is 4.89. The van der Waals surface area contributed by atoms with Gasteiger partial charge in [-0.2, -0.15) is 0 Å². The van der Waals surface area contributed by atoms with Gasteiger partial charge >= 0.3 is 0 Å². The molecule has 1 amide bonds. The van der Waals surface area contributed by atoms with Crippen LogP contribution in [0.3, 0.4) is 0 Å². The van der Waals surface area contributed by atoms with Crippen LogP contribution >= 0.6 is 12.2 Å². The molecule has 0 aliphatic carbocycles. The minimum absolute atomic E-state index is 0.0205. The van der Waals surface area contributed by atoms with E-state index in [-0.39, 0.29) is 17.2 Å². The number of nitrogens with two attached hydrogens (primary N) is 1. The lowest BCUT2D eigenvalue weighted by atomic mass is 10.1. The zero-order chi connectivity index (χ0) is 12.1. The average molecular weight is 238 g/mol. The second-order valence-electron chi connectivity index (χ2n) is 3.49. The highest BCUT2D eigenvalue weighted by Gasteiger charge is 2.09. The minimum atomic E-state index is -0.325. The molecule has 16 heavy (non-hydrogen) atoms. The van der Waals surface area contributed by atoms with Gasteiger partial charge in [-0.15, -0.1) is 0 Å². The van der Waals surface area contributed by atoms with Crippen LogP contribution in [0.4, 0.5) is 0 Å². The van der Waals surface area contributed by atoms with E-state index in [4.69, 9.17) is 5.73 Å². The number of phenols is 1. The highest BCUT2D eigenvalue weighted by atomic mass is 32.1. The SMILES string of the molecule is Cc1ccc(C(=O)NCCC(N)=S)c(O)c1. The van der Waals surface area contributed by atoms with Crippen LogP contribution in [-0.4, -0.2) is 22.5 Å². The maximum absolute atomic E-state index is 11.6. The van der Waals surface area contributed by atoms with Gasteiger partial charge < -0.3 is 16.2 Å². The van der Waals surface area contributed by atoms with Crippen molar-refractivity contribution in [1.29, 1.82) is 0 Å². The molecular weight excluding hydrogens is 224 g/mol. The van der Waals surface area contributed by atoms with E-state index in [1.54, 1.807) is 18.2 Å². The predicted molar refractivity (Wildman–Crippen MR) is 66.6 cm³/mol. The van der Waals surface area contributed by atoms with Gasteiger partial charge in [0.15, 0.2) is 0 Å². The molecule has 0 spiro atoms. The number of nitrogens with one attached hydrogen (secondary N) is 1. The normalized spacial score (nSPS) is 9.81. The number of carbonyl (C=O) groups is 1. The van der Waals surface area contributed by atoms with Crippen molar-refractivity contribution < 1.29 is 9.90 Å². The standard InChI is InChI=1S/C11H14N2O2S/c1-7-2-3-8(9(14)6-7)11(15)13-5-4-10(12)16/h2-3,6,14H,4-5H2,1H3,(H2,12,16)(H,13,15). The number of benzene rings is 1. The molecule has 0 heterocycles. The summed E-state index contributed by atoms with van der Waals surface area (Å²) in [5.41, 5.74) is 6.46. The third-order valence-electron chi connectivity index (χ3n) is 2.05. The summed E-state index contributed by atoms with van der Waals surface area (Å²) in [6.07, 6.45) is 0.452. The molecule has 0 radical (unpaired) electrons. The Hall–Kier alpha value is -1.62. The van der Waals surface area contributed by atoms with Crippen molar-refractivity contribution in [1.82, 2.24) is 5.32 Å². The summed E-state index contributed by atoms with van der Waals surface area (Å²) in [6.45, 7) is 2.22. The largest absolute Gasteiger partial charge is 0.507 e. The van der Waals surface area contributed by atoms with E-state index in [0.29, 0.717) is 18.0 Å². The molecule has 0 bridgehead atoms. The van der Waals surface area contributed by atoms with Crippen LogP contribution in [0.25, 0.3) is 0 Å². The van der Waals surface area contributed by atoms with Gasteiger partial charge in [-0.1, -0.05) is 18.3 Å². The first-order chi connectivity index (χ1) is 7.50. The number of rotatable bonds is 4. The molecule has 4 N–H and O–H groups in total. The van der Waals surface area contributed by atoms with Gasteiger partial charge in [0.2, 0.25) is 0 Å². The third-order valence-corrected chi connectivity index (χ3v) is 2.26. The van der Waals surface area contributed by atoms with Gasteiger partial charge in [0.1, 0.15) is 5.75 Å². The molecule has 0 saturated heterocycles. The Morgan fingerprint density at radius 1 is 1.56 bits per heavy atom. The van der Waals surface area contributed by atoms with Crippen LogP contribution in [0.2, 0.25) is 0 Å². The van der Waals surface area contributed by atoms with E-state index in [2.05, 4.69) is 17.5 Å². The number of phenolic OH excluding ortho intramolecular Hbond substituents is 1. The molecule has 0 atom stereocenters. The van der Waals surface area contributed by atoms with Crippen molar-refractivity contribution >= 4 is 23.1 Å². The quantitative estimate of drug-likeness (QED) is 0.687. The van der Waals surface area contributed by atoms with Gasteiger partial charge in [-0.25, -0.2) is 0 Å². The van der Waals surface area contributed by atoms with Crippen molar-refractivity contribution in [3.05, 3.63) is 29.3 Å². The monoisotopic (exact) mass is 238 g/mol. The Kier molecular flexibility index (Phi) is 4.25. The first-order valence-corrected chi connectivity index (χ1v) is 5.27. The molecule has 86 valence electrons. The second-order valence-corrected chi connectivity index (χ2v) is 4.02. The molecule has 5 heteroatoms. The Labute approximate surface area is 99.5 Å². The van der Waals surface area contributed by atoms with Crippen molar-refractivity contribution in [3.63, 3.8) is 0 Å². The lowest BCUT2D eigenvalue weighted by Gasteiger charge is -2.06. The first kappa shape index (κ1) is 12.4. The van der Waals surface area contributed by atoms with Crippen LogP contribution in [-0.2, 0) is 0 Å². The molecule has 0 unspecified atom stereocenters. The Bertz CT molecular complexity index is 418. The van der Waals surface area contributed by atoms with Crippen molar-refractivity contribution in [2.75, 3.05) is 6.54 Å². The van der Waals surface area contributed by atoms with Gasteiger partial charge in [0.05, 0.1) is 10.6 Å². The topological polar surface area (TPSA) is 75.4 Å². The Balaban J connectivity index is 2.63.